The molecule has 33 heavy (non-hydrogen) atoms. The number of aromatic carboxylic acids is 1. The molecule has 176 valence electrons. The van der Waals surface area contributed by atoms with Crippen molar-refractivity contribution in [3.05, 3.63) is 70.8 Å². The van der Waals surface area contributed by atoms with Crippen molar-refractivity contribution in [1.29, 1.82) is 0 Å². The number of carboxylic acid groups (broad SMARTS) is 1. The Morgan fingerprint density at radius 2 is 1.58 bits per heavy atom. The molecule has 0 fully saturated rings. The fourth-order valence-corrected chi connectivity index (χ4v) is 5.45. The molecule has 9 heteroatoms. The van der Waals surface area contributed by atoms with Gasteiger partial charge in [-0.3, -0.25) is 19.1 Å². The van der Waals surface area contributed by atoms with Gasteiger partial charge in [0.2, 0.25) is 7.37 Å². The first-order valence-corrected chi connectivity index (χ1v) is 13.1. The lowest BCUT2D eigenvalue weighted by Gasteiger charge is -2.14. The fraction of sp³-hybridized carbons (Fsp3) is 0.375. The minimum atomic E-state index is -3.23. The summed E-state index contributed by atoms with van der Waals surface area (Å²) in [5.74, 6) is -1.52. The van der Waals surface area contributed by atoms with Crippen molar-refractivity contribution in [2.75, 3.05) is 25.4 Å². The molecule has 3 rings (SSSR count). The van der Waals surface area contributed by atoms with Crippen molar-refractivity contribution in [2.24, 2.45) is 0 Å². The molecule has 0 saturated carbocycles. The summed E-state index contributed by atoms with van der Waals surface area (Å²) in [6.45, 7) is 1.37. The first kappa shape index (κ1) is 24.8. The largest absolute Gasteiger partial charge is 0.478 e. The highest BCUT2D eigenvalue weighted by Gasteiger charge is 2.34. The van der Waals surface area contributed by atoms with Gasteiger partial charge in [-0.25, -0.2) is 4.79 Å². The third-order valence-corrected chi connectivity index (χ3v) is 7.66. The Bertz CT molecular complexity index is 1040. The Kier molecular flexibility index (Phi) is 8.55. The van der Waals surface area contributed by atoms with Crippen molar-refractivity contribution in [1.82, 2.24) is 10.2 Å². The van der Waals surface area contributed by atoms with Crippen LogP contribution in [0.15, 0.2) is 48.5 Å². The number of nitrogens with one attached hydrogen (secondary N) is 1. The Labute approximate surface area is 193 Å². The van der Waals surface area contributed by atoms with Gasteiger partial charge >= 0.3 is 5.97 Å². The van der Waals surface area contributed by atoms with E-state index in [-0.39, 0.29) is 29.7 Å². The molecule has 1 atom stereocenters. The number of unbranched alkanes of at least 4 members (excludes halogenated alkanes) is 2. The maximum absolute atomic E-state index is 12.4. The second-order valence-corrected chi connectivity index (χ2v) is 10.8. The van der Waals surface area contributed by atoms with Crippen LogP contribution in [0, 0.1) is 0 Å². The monoisotopic (exact) mass is 472 g/mol. The molecule has 3 N–H and O–H groups in total. The standard InChI is InChI=1S/C24H29N2O6P/c27-22-20-10-2-3-11-21(20)23(28)26(22)13-4-1-5-14-33(31,32)15-7-12-25-17-18-8-6-9-19(16-18)24(29)30/h2-3,6,8-11,16,25H,1,4-5,7,12-15,17H2,(H,29,30)(H,31,32). The summed E-state index contributed by atoms with van der Waals surface area (Å²) in [6.07, 6.45) is 2.80. The molecule has 1 heterocycles. The molecule has 2 amide bonds. The van der Waals surface area contributed by atoms with Crippen molar-refractivity contribution < 1.29 is 28.9 Å². The number of fused-ring (bicyclic) bond motifs is 1. The van der Waals surface area contributed by atoms with Crippen LogP contribution < -0.4 is 5.32 Å². The fourth-order valence-electron chi connectivity index (χ4n) is 3.86. The predicted molar refractivity (Wildman–Crippen MR) is 125 cm³/mol. The average molecular weight is 472 g/mol. The molecule has 0 spiro atoms. The van der Waals surface area contributed by atoms with Gasteiger partial charge in [0.1, 0.15) is 0 Å². The SMILES string of the molecule is O=C(O)c1cccc(CNCCCP(=O)(O)CCCCCN2C(=O)c3ccccc3C2=O)c1. The molecule has 2 aromatic rings. The van der Waals surface area contributed by atoms with E-state index in [1.54, 1.807) is 36.4 Å². The molecule has 2 aromatic carbocycles. The lowest BCUT2D eigenvalue weighted by molar-refractivity contribution is 0.0648. The summed E-state index contributed by atoms with van der Waals surface area (Å²) in [5, 5.41) is 12.2. The van der Waals surface area contributed by atoms with Crippen molar-refractivity contribution in [3.8, 4) is 0 Å². The Balaban J connectivity index is 1.29. The van der Waals surface area contributed by atoms with E-state index in [9.17, 15) is 23.8 Å². The van der Waals surface area contributed by atoms with E-state index in [0.29, 0.717) is 56.4 Å². The summed E-state index contributed by atoms with van der Waals surface area (Å²) in [7, 11) is -3.23. The molecular formula is C24H29N2O6P. The Morgan fingerprint density at radius 1 is 0.909 bits per heavy atom. The van der Waals surface area contributed by atoms with Gasteiger partial charge in [0.15, 0.2) is 0 Å². The number of rotatable bonds is 13. The van der Waals surface area contributed by atoms with Gasteiger partial charge in [-0.05, 0) is 55.6 Å². The highest BCUT2D eigenvalue weighted by molar-refractivity contribution is 7.57. The first-order valence-electron chi connectivity index (χ1n) is 11.1. The number of carboxylic acids is 1. The molecule has 0 saturated heterocycles. The van der Waals surface area contributed by atoms with Crippen molar-refractivity contribution in [3.63, 3.8) is 0 Å². The van der Waals surface area contributed by atoms with Crippen LogP contribution in [0.4, 0.5) is 0 Å². The van der Waals surface area contributed by atoms with Crippen LogP contribution in [0.5, 0.6) is 0 Å². The second-order valence-electron chi connectivity index (χ2n) is 8.20. The van der Waals surface area contributed by atoms with E-state index in [0.717, 1.165) is 5.56 Å². The van der Waals surface area contributed by atoms with Crippen LogP contribution in [0.1, 0.15) is 62.3 Å². The topological polar surface area (TPSA) is 124 Å². The quantitative estimate of drug-likeness (QED) is 0.231. The number of carbonyl (C=O) groups excluding carboxylic acids is 2. The van der Waals surface area contributed by atoms with Crippen LogP contribution >= 0.6 is 7.37 Å². The number of imide groups is 1. The minimum absolute atomic E-state index is 0.216. The summed E-state index contributed by atoms with van der Waals surface area (Å²) in [4.78, 5) is 47.1. The summed E-state index contributed by atoms with van der Waals surface area (Å²) >= 11 is 0. The second kappa shape index (κ2) is 11.4. The third kappa shape index (κ3) is 6.84. The maximum atomic E-state index is 12.4. The van der Waals surface area contributed by atoms with E-state index in [4.69, 9.17) is 5.11 Å². The van der Waals surface area contributed by atoms with Gasteiger partial charge in [-0.15, -0.1) is 0 Å². The van der Waals surface area contributed by atoms with Gasteiger partial charge in [-0.1, -0.05) is 30.7 Å². The Morgan fingerprint density at radius 3 is 2.24 bits per heavy atom. The van der Waals surface area contributed by atoms with Crippen LogP contribution in [-0.2, 0) is 11.1 Å². The number of carbonyl (C=O) groups is 3. The van der Waals surface area contributed by atoms with Crippen molar-refractivity contribution >= 4 is 25.2 Å². The van der Waals surface area contributed by atoms with E-state index in [1.807, 2.05) is 6.07 Å². The smallest absolute Gasteiger partial charge is 0.335 e. The average Bonchev–Trinajstić information content (AvgIpc) is 3.03. The van der Waals surface area contributed by atoms with E-state index < -0.39 is 13.3 Å². The zero-order chi connectivity index (χ0) is 23.8. The molecule has 0 aliphatic carbocycles. The van der Waals surface area contributed by atoms with E-state index in [2.05, 4.69) is 5.32 Å². The minimum Gasteiger partial charge on any atom is -0.478 e. The summed E-state index contributed by atoms with van der Waals surface area (Å²) in [5.41, 5.74) is 1.95. The highest BCUT2D eigenvalue weighted by atomic mass is 31.2. The predicted octanol–water partition coefficient (Wildman–Crippen LogP) is 3.60. The van der Waals surface area contributed by atoms with Crippen LogP contribution in [0.2, 0.25) is 0 Å². The molecule has 0 radical (unpaired) electrons. The van der Waals surface area contributed by atoms with Gasteiger partial charge in [-0.2, -0.15) is 0 Å². The number of nitrogens with zero attached hydrogens (tertiary/aromatic N) is 1. The first-order chi connectivity index (χ1) is 15.8. The van der Waals surface area contributed by atoms with Gasteiger partial charge in [0.05, 0.1) is 16.7 Å². The van der Waals surface area contributed by atoms with Crippen LogP contribution in [0.3, 0.4) is 0 Å². The van der Waals surface area contributed by atoms with Gasteiger partial charge in [0.25, 0.3) is 11.8 Å². The highest BCUT2D eigenvalue weighted by Crippen LogP contribution is 2.42. The number of amides is 2. The Hall–Kier alpha value is -2.80. The van der Waals surface area contributed by atoms with E-state index in [1.165, 1.54) is 11.0 Å². The molecule has 1 aliphatic rings. The van der Waals surface area contributed by atoms with Crippen molar-refractivity contribution in [2.45, 2.75) is 32.2 Å². The lowest BCUT2D eigenvalue weighted by Crippen LogP contribution is -2.30. The van der Waals surface area contributed by atoms with Gasteiger partial charge < -0.3 is 15.3 Å². The molecule has 8 nitrogen and oxygen atoms in total. The normalized spacial score (nSPS) is 14.9. The van der Waals surface area contributed by atoms with Crippen LogP contribution in [-0.4, -0.2) is 58.1 Å². The van der Waals surface area contributed by atoms with Gasteiger partial charge in [0, 0.05) is 25.4 Å². The molecule has 0 aromatic heterocycles. The molecule has 0 bridgehead atoms. The zero-order valence-electron chi connectivity index (χ0n) is 18.4. The molecule has 1 unspecified atom stereocenters. The number of benzene rings is 2. The molecule has 1 aliphatic heterocycles. The lowest BCUT2D eigenvalue weighted by atomic mass is 10.1. The van der Waals surface area contributed by atoms with Crippen LogP contribution in [0.25, 0.3) is 0 Å². The maximum Gasteiger partial charge on any atom is 0.335 e. The summed E-state index contributed by atoms with van der Waals surface area (Å²) in [6, 6.07) is 13.4. The molecular weight excluding hydrogens is 443 g/mol. The summed E-state index contributed by atoms with van der Waals surface area (Å²) < 4.78 is 12.4. The third-order valence-electron chi connectivity index (χ3n) is 5.63. The number of hydrogen-bond donors (Lipinski definition) is 3. The number of hydrogen-bond acceptors (Lipinski definition) is 5. The zero-order valence-corrected chi connectivity index (χ0v) is 19.3. The van der Waals surface area contributed by atoms with E-state index >= 15 is 0 Å².